The summed E-state index contributed by atoms with van der Waals surface area (Å²) < 4.78 is 2.21. The van der Waals surface area contributed by atoms with E-state index in [1.165, 1.54) is 24.1 Å². The zero-order chi connectivity index (χ0) is 14.9. The summed E-state index contributed by atoms with van der Waals surface area (Å²) in [5, 5.41) is 8.76. The molecule has 0 aliphatic carbocycles. The Labute approximate surface area is 130 Å². The van der Waals surface area contributed by atoms with E-state index in [4.69, 9.17) is 4.99 Å². The van der Waals surface area contributed by atoms with Crippen molar-refractivity contribution in [3.05, 3.63) is 41.5 Å². The van der Waals surface area contributed by atoms with Gasteiger partial charge in [-0.1, -0.05) is 19.1 Å². The summed E-state index contributed by atoms with van der Waals surface area (Å²) in [6.07, 6.45) is 4.53. The van der Waals surface area contributed by atoms with Crippen molar-refractivity contribution < 1.29 is 0 Å². The van der Waals surface area contributed by atoms with Crippen molar-refractivity contribution in [3.63, 3.8) is 0 Å². The van der Waals surface area contributed by atoms with Crippen molar-refractivity contribution in [3.8, 4) is 5.69 Å². The molecule has 2 aliphatic rings. The van der Waals surface area contributed by atoms with Gasteiger partial charge in [-0.05, 0) is 31.4 Å². The molecule has 2 aliphatic heterocycles. The first-order valence-electron chi connectivity index (χ1n) is 8.21. The molecule has 114 valence electrons. The maximum atomic E-state index is 4.88. The van der Waals surface area contributed by atoms with E-state index in [1.807, 2.05) is 0 Å². The molecule has 0 saturated carbocycles. The maximum absolute atomic E-state index is 4.88. The summed E-state index contributed by atoms with van der Waals surface area (Å²) in [4.78, 5) is 7.30. The van der Waals surface area contributed by atoms with Crippen molar-refractivity contribution in [1.29, 1.82) is 0 Å². The van der Waals surface area contributed by atoms with Crippen molar-refractivity contribution in [2.75, 3.05) is 13.1 Å². The van der Waals surface area contributed by atoms with Gasteiger partial charge in [-0.3, -0.25) is 9.56 Å². The molecular weight excluding hydrogens is 274 g/mol. The van der Waals surface area contributed by atoms with E-state index < -0.39 is 0 Å². The third-order valence-corrected chi connectivity index (χ3v) is 4.43. The van der Waals surface area contributed by atoms with E-state index >= 15 is 0 Å². The van der Waals surface area contributed by atoms with Crippen LogP contribution in [0.25, 0.3) is 5.69 Å². The molecule has 1 aromatic heterocycles. The number of benzene rings is 1. The molecular formula is C17H21N5. The Morgan fingerprint density at radius 1 is 1.09 bits per heavy atom. The van der Waals surface area contributed by atoms with Gasteiger partial charge in [0.1, 0.15) is 18.2 Å². The van der Waals surface area contributed by atoms with Gasteiger partial charge in [-0.2, -0.15) is 0 Å². The van der Waals surface area contributed by atoms with Crippen LogP contribution >= 0.6 is 0 Å². The molecule has 3 heterocycles. The molecule has 1 saturated heterocycles. The number of fused-ring (bicyclic) bond motifs is 3. The van der Waals surface area contributed by atoms with Gasteiger partial charge in [0.2, 0.25) is 0 Å². The van der Waals surface area contributed by atoms with Crippen LogP contribution in [0.1, 0.15) is 43.4 Å². The number of likely N-dealkylation sites (tertiary alicyclic amines) is 1. The van der Waals surface area contributed by atoms with Gasteiger partial charge < -0.3 is 4.90 Å². The molecule has 0 amide bonds. The van der Waals surface area contributed by atoms with Crippen LogP contribution in [0, 0.1) is 0 Å². The summed E-state index contributed by atoms with van der Waals surface area (Å²) in [6, 6.07) is 8.53. The molecule has 0 atom stereocenters. The molecule has 0 N–H and O–H groups in total. The number of aromatic nitrogens is 3. The Bertz CT molecular complexity index is 710. The second-order valence-electron chi connectivity index (χ2n) is 5.97. The summed E-state index contributed by atoms with van der Waals surface area (Å²) in [5.41, 5.74) is 2.38. The Balaban J connectivity index is 1.86. The number of aliphatic imine (C=N–C) groups is 1. The van der Waals surface area contributed by atoms with Crippen LogP contribution in [0.2, 0.25) is 0 Å². The van der Waals surface area contributed by atoms with E-state index in [1.54, 1.807) is 0 Å². The Morgan fingerprint density at radius 3 is 2.73 bits per heavy atom. The zero-order valence-corrected chi connectivity index (χ0v) is 13.0. The van der Waals surface area contributed by atoms with Crippen LogP contribution in [0.5, 0.6) is 0 Å². The number of aryl methyl sites for hydroxylation is 1. The van der Waals surface area contributed by atoms with E-state index in [-0.39, 0.29) is 0 Å². The minimum Gasteiger partial charge on any atom is -0.356 e. The van der Waals surface area contributed by atoms with Crippen molar-refractivity contribution in [2.45, 2.75) is 39.2 Å². The van der Waals surface area contributed by atoms with Gasteiger partial charge in [0.05, 0.1) is 5.69 Å². The quantitative estimate of drug-likeness (QED) is 0.855. The largest absolute Gasteiger partial charge is 0.356 e. The molecule has 5 nitrogen and oxygen atoms in total. The number of nitrogens with zero attached hydrogens (tertiary/aromatic N) is 5. The third-order valence-electron chi connectivity index (χ3n) is 4.43. The SMILES string of the molecule is CCCc1nnc2n1-c1ccccc1C(N1CCCC1)=NC2. The second kappa shape index (κ2) is 5.55. The maximum Gasteiger partial charge on any atom is 0.159 e. The van der Waals surface area contributed by atoms with Gasteiger partial charge >= 0.3 is 0 Å². The fraction of sp³-hybridized carbons (Fsp3) is 0.471. The Morgan fingerprint density at radius 2 is 1.91 bits per heavy atom. The molecule has 0 radical (unpaired) electrons. The summed E-state index contributed by atoms with van der Waals surface area (Å²) in [5.74, 6) is 3.12. The molecule has 0 spiro atoms. The highest BCUT2D eigenvalue weighted by molar-refractivity contribution is 6.02. The molecule has 2 aromatic rings. The number of hydrogen-bond acceptors (Lipinski definition) is 4. The lowest BCUT2D eigenvalue weighted by Gasteiger charge is -2.21. The lowest BCUT2D eigenvalue weighted by molar-refractivity contribution is 0.518. The predicted octanol–water partition coefficient (Wildman–Crippen LogP) is 2.58. The molecule has 22 heavy (non-hydrogen) atoms. The molecule has 0 bridgehead atoms. The monoisotopic (exact) mass is 295 g/mol. The average Bonchev–Trinajstić information content (AvgIpc) is 3.16. The van der Waals surface area contributed by atoms with Crippen molar-refractivity contribution >= 4 is 5.84 Å². The summed E-state index contributed by atoms with van der Waals surface area (Å²) in [6.45, 7) is 5.00. The van der Waals surface area contributed by atoms with Crippen LogP contribution in [0.3, 0.4) is 0 Å². The molecule has 1 fully saturated rings. The highest BCUT2D eigenvalue weighted by atomic mass is 15.3. The van der Waals surface area contributed by atoms with E-state index in [9.17, 15) is 0 Å². The van der Waals surface area contributed by atoms with Crippen LogP contribution in [0.15, 0.2) is 29.3 Å². The zero-order valence-electron chi connectivity index (χ0n) is 13.0. The standard InChI is InChI=1S/C17H21N5/c1-2-7-15-19-20-16-12-18-17(21-10-5-6-11-21)13-8-3-4-9-14(13)22(15)16/h3-4,8-9H,2,5-7,10-12H2,1H3. The normalized spacial score (nSPS) is 17.0. The Hall–Kier alpha value is -2.17. The van der Waals surface area contributed by atoms with Crippen LogP contribution < -0.4 is 0 Å². The van der Waals surface area contributed by atoms with Crippen LogP contribution in [0.4, 0.5) is 0 Å². The van der Waals surface area contributed by atoms with Gasteiger partial charge in [0, 0.05) is 25.1 Å². The Kier molecular flexibility index (Phi) is 3.41. The molecule has 5 heteroatoms. The van der Waals surface area contributed by atoms with Gasteiger partial charge in [0.15, 0.2) is 5.82 Å². The van der Waals surface area contributed by atoms with Crippen molar-refractivity contribution in [2.24, 2.45) is 4.99 Å². The highest BCUT2D eigenvalue weighted by Gasteiger charge is 2.25. The minimum atomic E-state index is 0.608. The fourth-order valence-corrected chi connectivity index (χ4v) is 3.41. The van der Waals surface area contributed by atoms with Gasteiger partial charge in [0.25, 0.3) is 0 Å². The highest BCUT2D eigenvalue weighted by Crippen LogP contribution is 2.26. The fourth-order valence-electron chi connectivity index (χ4n) is 3.41. The summed E-state index contributed by atoms with van der Waals surface area (Å²) in [7, 11) is 0. The summed E-state index contributed by atoms with van der Waals surface area (Å²) >= 11 is 0. The van der Waals surface area contributed by atoms with Crippen molar-refractivity contribution in [1.82, 2.24) is 19.7 Å². The molecule has 4 rings (SSSR count). The van der Waals surface area contributed by atoms with Gasteiger partial charge in [-0.25, -0.2) is 0 Å². The smallest absolute Gasteiger partial charge is 0.159 e. The van der Waals surface area contributed by atoms with E-state index in [0.717, 1.165) is 43.4 Å². The predicted molar refractivity (Wildman–Crippen MR) is 86.4 cm³/mol. The first kappa shape index (κ1) is 13.5. The lowest BCUT2D eigenvalue weighted by atomic mass is 10.1. The first-order valence-corrected chi connectivity index (χ1v) is 8.21. The molecule has 1 aromatic carbocycles. The number of para-hydroxylation sites is 1. The number of hydrogen-bond donors (Lipinski definition) is 0. The average molecular weight is 295 g/mol. The van der Waals surface area contributed by atoms with Crippen LogP contribution in [-0.4, -0.2) is 38.6 Å². The van der Waals surface area contributed by atoms with E-state index in [0.29, 0.717) is 6.54 Å². The number of rotatable bonds is 2. The third kappa shape index (κ3) is 2.12. The van der Waals surface area contributed by atoms with Gasteiger partial charge in [-0.15, -0.1) is 10.2 Å². The molecule has 0 unspecified atom stereocenters. The minimum absolute atomic E-state index is 0.608. The van der Waals surface area contributed by atoms with E-state index in [2.05, 4.69) is 50.9 Å². The number of amidine groups is 1. The van der Waals surface area contributed by atoms with Crippen LogP contribution in [-0.2, 0) is 13.0 Å². The topological polar surface area (TPSA) is 46.3 Å². The first-order chi connectivity index (χ1) is 10.9. The lowest BCUT2D eigenvalue weighted by Crippen LogP contribution is -2.29. The second-order valence-corrected chi connectivity index (χ2v) is 5.97.